The fourth-order valence-electron chi connectivity index (χ4n) is 3.13. The van der Waals surface area contributed by atoms with Gasteiger partial charge in [0, 0.05) is 37.2 Å². The second-order valence-corrected chi connectivity index (χ2v) is 6.63. The molecule has 1 saturated heterocycles. The highest BCUT2D eigenvalue weighted by Crippen LogP contribution is 2.40. The van der Waals surface area contributed by atoms with Gasteiger partial charge in [-0.05, 0) is 31.6 Å². The van der Waals surface area contributed by atoms with Crippen molar-refractivity contribution in [1.82, 2.24) is 15.4 Å². The Morgan fingerprint density at radius 1 is 1.35 bits per heavy atom. The van der Waals surface area contributed by atoms with Gasteiger partial charge in [0.25, 0.3) is 5.91 Å². The van der Waals surface area contributed by atoms with Gasteiger partial charge in [0.1, 0.15) is 5.76 Å². The van der Waals surface area contributed by atoms with Crippen molar-refractivity contribution in [3.05, 3.63) is 17.5 Å². The number of rotatable bonds is 4. The Labute approximate surface area is 118 Å². The van der Waals surface area contributed by atoms with E-state index >= 15 is 0 Å². The van der Waals surface area contributed by atoms with Crippen LogP contribution >= 0.6 is 0 Å². The summed E-state index contributed by atoms with van der Waals surface area (Å²) < 4.78 is 5.25. The molecule has 1 N–H and O–H groups in total. The van der Waals surface area contributed by atoms with Crippen molar-refractivity contribution in [2.24, 2.45) is 5.92 Å². The summed E-state index contributed by atoms with van der Waals surface area (Å²) in [6, 6.07) is 2.82. The van der Waals surface area contributed by atoms with Crippen molar-refractivity contribution in [2.75, 3.05) is 13.1 Å². The first kappa shape index (κ1) is 12.4. The molecule has 0 spiro atoms. The zero-order chi connectivity index (χ0) is 13.7. The normalized spacial score (nSPS) is 30.6. The number of hydrogen-bond acceptors (Lipinski definition) is 4. The van der Waals surface area contributed by atoms with Crippen molar-refractivity contribution in [3.8, 4) is 0 Å². The van der Waals surface area contributed by atoms with E-state index in [4.69, 9.17) is 4.52 Å². The minimum atomic E-state index is -0.0878. The van der Waals surface area contributed by atoms with Gasteiger partial charge in [0.15, 0.2) is 5.69 Å². The van der Waals surface area contributed by atoms with Crippen molar-refractivity contribution in [1.29, 1.82) is 0 Å². The Kier molecular flexibility index (Phi) is 2.84. The van der Waals surface area contributed by atoms with Crippen LogP contribution in [0.2, 0.25) is 0 Å². The molecule has 4 rings (SSSR count). The summed E-state index contributed by atoms with van der Waals surface area (Å²) in [5.41, 5.74) is 0.434. The van der Waals surface area contributed by atoms with Crippen LogP contribution in [0.3, 0.4) is 0 Å². The van der Waals surface area contributed by atoms with Crippen molar-refractivity contribution in [3.63, 3.8) is 0 Å². The molecular formula is C15H21N3O2. The van der Waals surface area contributed by atoms with Crippen LogP contribution in [0.25, 0.3) is 0 Å². The van der Waals surface area contributed by atoms with Gasteiger partial charge in [-0.1, -0.05) is 12.1 Å². The molecule has 2 heterocycles. The molecule has 0 bridgehead atoms. The number of nitrogens with zero attached hydrogens (tertiary/aromatic N) is 2. The Bertz CT molecular complexity index is 519. The van der Waals surface area contributed by atoms with Gasteiger partial charge in [-0.15, -0.1) is 0 Å². The van der Waals surface area contributed by atoms with Gasteiger partial charge in [-0.3, -0.25) is 9.69 Å². The standard InChI is InChI=1S/C15H21N3O2/c1-9-7-18(11-4-5-11)8-13(9)16-15(19)12-6-14(20-17-12)10-2-3-10/h6,9-11,13H,2-5,7-8H2,1H3,(H,16,19)/t9-,13+/m0/s1. The van der Waals surface area contributed by atoms with Gasteiger partial charge in [0.05, 0.1) is 0 Å². The molecule has 20 heavy (non-hydrogen) atoms. The SMILES string of the molecule is C[C@H]1CN(C2CC2)C[C@H]1NC(=O)c1cc(C2CC2)on1. The fraction of sp³-hybridized carbons (Fsp3) is 0.733. The maximum atomic E-state index is 12.2. The minimum absolute atomic E-state index is 0.0878. The van der Waals surface area contributed by atoms with E-state index in [1.54, 1.807) is 0 Å². The third kappa shape index (κ3) is 2.35. The molecule has 1 aromatic heterocycles. The summed E-state index contributed by atoms with van der Waals surface area (Å²) in [7, 11) is 0. The van der Waals surface area contributed by atoms with Crippen molar-refractivity contribution >= 4 is 5.91 Å². The summed E-state index contributed by atoms with van der Waals surface area (Å²) in [6.07, 6.45) is 4.96. The second kappa shape index (κ2) is 4.58. The maximum absolute atomic E-state index is 12.2. The van der Waals surface area contributed by atoms with Crippen molar-refractivity contribution in [2.45, 2.75) is 50.6 Å². The number of nitrogens with one attached hydrogen (secondary N) is 1. The van der Waals surface area contributed by atoms with Gasteiger partial charge >= 0.3 is 0 Å². The third-order valence-electron chi connectivity index (χ3n) is 4.76. The van der Waals surface area contributed by atoms with E-state index in [1.807, 2.05) is 6.07 Å². The molecule has 0 unspecified atom stereocenters. The second-order valence-electron chi connectivity index (χ2n) is 6.63. The lowest BCUT2D eigenvalue weighted by Gasteiger charge is -2.16. The lowest BCUT2D eigenvalue weighted by atomic mass is 10.1. The number of likely N-dealkylation sites (tertiary alicyclic amines) is 1. The molecule has 2 atom stereocenters. The van der Waals surface area contributed by atoms with Crippen LogP contribution in [0.1, 0.15) is 54.8 Å². The third-order valence-corrected chi connectivity index (χ3v) is 4.76. The summed E-state index contributed by atoms with van der Waals surface area (Å²) >= 11 is 0. The highest BCUT2D eigenvalue weighted by atomic mass is 16.5. The highest BCUT2D eigenvalue weighted by molar-refractivity contribution is 5.92. The van der Waals surface area contributed by atoms with Crippen LogP contribution in [-0.4, -0.2) is 41.1 Å². The Balaban J connectivity index is 1.38. The average molecular weight is 275 g/mol. The molecule has 1 aliphatic heterocycles. The Hall–Kier alpha value is -1.36. The van der Waals surface area contributed by atoms with E-state index in [1.165, 1.54) is 12.8 Å². The van der Waals surface area contributed by atoms with Gasteiger partial charge in [-0.25, -0.2) is 0 Å². The average Bonchev–Trinajstić information content (AvgIpc) is 3.36. The predicted molar refractivity (Wildman–Crippen MR) is 73.5 cm³/mol. The molecule has 108 valence electrons. The van der Waals surface area contributed by atoms with E-state index in [-0.39, 0.29) is 11.9 Å². The molecule has 2 aliphatic carbocycles. The Morgan fingerprint density at radius 3 is 2.85 bits per heavy atom. The van der Waals surface area contributed by atoms with Crippen LogP contribution in [0.4, 0.5) is 0 Å². The molecule has 1 amide bonds. The summed E-state index contributed by atoms with van der Waals surface area (Å²) in [5, 5.41) is 7.04. The number of aromatic nitrogens is 1. The monoisotopic (exact) mass is 275 g/mol. The first-order chi connectivity index (χ1) is 9.70. The lowest BCUT2D eigenvalue weighted by molar-refractivity contribution is 0.0922. The number of carbonyl (C=O) groups is 1. The van der Waals surface area contributed by atoms with E-state index in [9.17, 15) is 4.79 Å². The van der Waals surface area contributed by atoms with E-state index in [0.29, 0.717) is 17.5 Å². The summed E-state index contributed by atoms with van der Waals surface area (Å²) in [5.74, 6) is 1.79. The van der Waals surface area contributed by atoms with Gasteiger partial charge < -0.3 is 9.84 Å². The molecule has 3 fully saturated rings. The zero-order valence-electron chi connectivity index (χ0n) is 11.8. The van der Waals surface area contributed by atoms with Gasteiger partial charge in [0.2, 0.25) is 0 Å². The lowest BCUT2D eigenvalue weighted by Crippen LogP contribution is -2.40. The molecule has 5 nitrogen and oxygen atoms in total. The van der Waals surface area contributed by atoms with E-state index < -0.39 is 0 Å². The van der Waals surface area contributed by atoms with Crippen LogP contribution in [0.5, 0.6) is 0 Å². The molecule has 5 heteroatoms. The molecular weight excluding hydrogens is 254 g/mol. The topological polar surface area (TPSA) is 58.4 Å². The first-order valence-electron chi connectivity index (χ1n) is 7.72. The number of hydrogen-bond donors (Lipinski definition) is 1. The first-order valence-corrected chi connectivity index (χ1v) is 7.72. The van der Waals surface area contributed by atoms with Crippen LogP contribution in [0, 0.1) is 5.92 Å². The fourth-order valence-corrected chi connectivity index (χ4v) is 3.13. The van der Waals surface area contributed by atoms with E-state index in [0.717, 1.165) is 37.7 Å². The molecule has 0 radical (unpaired) electrons. The summed E-state index contributed by atoms with van der Waals surface area (Å²) in [4.78, 5) is 14.8. The predicted octanol–water partition coefficient (Wildman–Crippen LogP) is 1.76. The van der Waals surface area contributed by atoms with Crippen LogP contribution in [0.15, 0.2) is 10.6 Å². The smallest absolute Gasteiger partial charge is 0.273 e. The van der Waals surface area contributed by atoms with Crippen molar-refractivity contribution < 1.29 is 9.32 Å². The number of carbonyl (C=O) groups excluding carboxylic acids is 1. The Morgan fingerprint density at radius 2 is 2.15 bits per heavy atom. The van der Waals surface area contributed by atoms with E-state index in [2.05, 4.69) is 22.3 Å². The quantitative estimate of drug-likeness (QED) is 0.909. The molecule has 2 saturated carbocycles. The van der Waals surface area contributed by atoms with Crippen LogP contribution in [-0.2, 0) is 0 Å². The molecule has 3 aliphatic rings. The maximum Gasteiger partial charge on any atom is 0.273 e. The van der Waals surface area contributed by atoms with Gasteiger partial charge in [-0.2, -0.15) is 0 Å². The molecule has 1 aromatic rings. The van der Waals surface area contributed by atoms with Crippen LogP contribution < -0.4 is 5.32 Å². The zero-order valence-corrected chi connectivity index (χ0v) is 11.8. The largest absolute Gasteiger partial charge is 0.360 e. The number of amides is 1. The molecule has 0 aromatic carbocycles. The minimum Gasteiger partial charge on any atom is -0.360 e. The highest BCUT2D eigenvalue weighted by Gasteiger charge is 2.39. The summed E-state index contributed by atoms with van der Waals surface area (Å²) in [6.45, 7) is 4.29.